The zero-order valence-electron chi connectivity index (χ0n) is 12.0. The maximum atomic E-state index is 12.3. The molecule has 112 valence electrons. The van der Waals surface area contributed by atoms with Crippen molar-refractivity contribution in [3.05, 3.63) is 32.9 Å². The molecule has 0 unspecified atom stereocenters. The van der Waals surface area contributed by atoms with Gasteiger partial charge in [-0.2, -0.15) is 0 Å². The maximum Gasteiger partial charge on any atom is 0.341 e. The van der Waals surface area contributed by atoms with Gasteiger partial charge in [-0.3, -0.25) is 4.79 Å². The van der Waals surface area contributed by atoms with E-state index in [0.717, 1.165) is 15.4 Å². The maximum absolute atomic E-state index is 12.3. The van der Waals surface area contributed by atoms with Gasteiger partial charge in [0.05, 0.1) is 16.0 Å². The van der Waals surface area contributed by atoms with Crippen LogP contribution in [-0.2, 0) is 11.4 Å². The minimum Gasteiger partial charge on any atom is -0.477 e. The molecule has 0 aromatic carbocycles. The second-order valence-corrected chi connectivity index (χ2v) is 5.40. The van der Waals surface area contributed by atoms with Crippen LogP contribution >= 0.6 is 11.3 Å². The van der Waals surface area contributed by atoms with E-state index >= 15 is 0 Å². The molecule has 2 heterocycles. The Labute approximate surface area is 125 Å². The lowest BCUT2D eigenvalue weighted by Crippen LogP contribution is -2.17. The number of carbonyl (C=O) groups is 1. The quantitative estimate of drug-likeness (QED) is 0.680. The summed E-state index contributed by atoms with van der Waals surface area (Å²) in [7, 11) is 1.47. The highest BCUT2D eigenvalue weighted by atomic mass is 32.1. The monoisotopic (exact) mass is 308 g/mol. The van der Waals surface area contributed by atoms with Gasteiger partial charge in [-0.1, -0.05) is 12.1 Å². The number of aromatic nitrogens is 1. The van der Waals surface area contributed by atoms with Crippen molar-refractivity contribution in [2.24, 2.45) is 5.16 Å². The van der Waals surface area contributed by atoms with Gasteiger partial charge in [0.1, 0.15) is 17.5 Å². The molecule has 0 saturated carbocycles. The number of oxime groups is 1. The van der Waals surface area contributed by atoms with Crippen LogP contribution in [0.1, 0.15) is 35.5 Å². The third-order valence-electron chi connectivity index (χ3n) is 3.14. The summed E-state index contributed by atoms with van der Waals surface area (Å²) in [5.74, 6) is -1.21. The van der Waals surface area contributed by atoms with Crippen molar-refractivity contribution < 1.29 is 14.7 Å². The number of pyridine rings is 1. The predicted molar refractivity (Wildman–Crippen MR) is 82.6 cm³/mol. The lowest BCUT2D eigenvalue weighted by Gasteiger charge is -2.05. The number of hydrogen-bond donors (Lipinski definition) is 1. The first kappa shape index (κ1) is 15.2. The molecule has 0 saturated heterocycles. The van der Waals surface area contributed by atoms with Crippen molar-refractivity contribution in [2.75, 3.05) is 7.11 Å². The van der Waals surface area contributed by atoms with Crippen LogP contribution in [0, 0.1) is 0 Å². The molecule has 0 spiro atoms. The highest BCUT2D eigenvalue weighted by Gasteiger charge is 2.18. The number of hydrogen-bond acceptors (Lipinski definition) is 5. The topological polar surface area (TPSA) is 80.9 Å². The van der Waals surface area contributed by atoms with Crippen LogP contribution in [0.15, 0.2) is 22.2 Å². The molecule has 0 radical (unpaired) electrons. The fraction of sp³-hybridized carbons (Fsp3) is 0.357. The minimum atomic E-state index is -1.21. The van der Waals surface area contributed by atoms with Crippen molar-refractivity contribution in [2.45, 2.75) is 26.8 Å². The van der Waals surface area contributed by atoms with Crippen LogP contribution in [0.5, 0.6) is 0 Å². The minimum absolute atomic E-state index is 0.213. The van der Waals surface area contributed by atoms with Crippen LogP contribution in [0.4, 0.5) is 0 Å². The first-order valence-electron chi connectivity index (χ1n) is 6.54. The average molecular weight is 308 g/mol. The van der Waals surface area contributed by atoms with Crippen LogP contribution in [0.25, 0.3) is 10.2 Å². The van der Waals surface area contributed by atoms with Gasteiger partial charge in [0, 0.05) is 12.7 Å². The summed E-state index contributed by atoms with van der Waals surface area (Å²) < 4.78 is 1.77. The molecule has 7 heteroatoms. The van der Waals surface area contributed by atoms with E-state index in [4.69, 9.17) is 9.94 Å². The van der Waals surface area contributed by atoms with E-state index in [1.165, 1.54) is 24.6 Å². The van der Waals surface area contributed by atoms with Gasteiger partial charge in [-0.05, 0) is 19.4 Å². The standard InChI is InChI=1S/C14H16N2O4S/c1-4-10(15-20-3)11-6-8-12(17)9(14(18)19)7-16(5-2)13(8)21-11/h6-7H,4-5H2,1-3H3,(H,18,19)/b15-10+. The first-order chi connectivity index (χ1) is 10.0. The van der Waals surface area contributed by atoms with Crippen LogP contribution in [0.3, 0.4) is 0 Å². The zero-order valence-corrected chi connectivity index (χ0v) is 12.9. The summed E-state index contributed by atoms with van der Waals surface area (Å²) in [6, 6.07) is 1.70. The molecule has 0 aliphatic carbocycles. The molecule has 0 atom stereocenters. The highest BCUT2D eigenvalue weighted by Crippen LogP contribution is 2.25. The van der Waals surface area contributed by atoms with Gasteiger partial charge < -0.3 is 14.5 Å². The number of carboxylic acid groups (broad SMARTS) is 1. The molecule has 0 aliphatic rings. The molecular weight excluding hydrogens is 292 g/mol. The summed E-state index contributed by atoms with van der Waals surface area (Å²) in [6.45, 7) is 4.43. The van der Waals surface area contributed by atoms with Crippen LogP contribution < -0.4 is 5.43 Å². The average Bonchev–Trinajstić information content (AvgIpc) is 2.90. The summed E-state index contributed by atoms with van der Waals surface area (Å²) in [4.78, 5) is 29.8. The molecule has 0 bridgehead atoms. The summed E-state index contributed by atoms with van der Waals surface area (Å²) >= 11 is 1.41. The number of aromatic carboxylic acids is 1. The fourth-order valence-corrected chi connectivity index (χ4v) is 3.34. The smallest absolute Gasteiger partial charge is 0.341 e. The van der Waals surface area contributed by atoms with Crippen LogP contribution in [-0.4, -0.2) is 28.5 Å². The van der Waals surface area contributed by atoms with Crippen LogP contribution in [0.2, 0.25) is 0 Å². The summed E-state index contributed by atoms with van der Waals surface area (Å²) in [5, 5.41) is 13.5. The highest BCUT2D eigenvalue weighted by molar-refractivity contribution is 7.20. The third-order valence-corrected chi connectivity index (χ3v) is 4.36. The Morgan fingerprint density at radius 1 is 1.48 bits per heavy atom. The van der Waals surface area contributed by atoms with Gasteiger partial charge in [-0.25, -0.2) is 4.79 Å². The van der Waals surface area contributed by atoms with Crippen molar-refractivity contribution in [3.63, 3.8) is 0 Å². The molecule has 6 nitrogen and oxygen atoms in total. The largest absolute Gasteiger partial charge is 0.477 e. The molecule has 0 aliphatic heterocycles. The lowest BCUT2D eigenvalue weighted by atomic mass is 10.2. The van der Waals surface area contributed by atoms with Gasteiger partial charge in [0.25, 0.3) is 0 Å². The van der Waals surface area contributed by atoms with Crippen molar-refractivity contribution in [1.82, 2.24) is 4.57 Å². The number of fused-ring (bicyclic) bond motifs is 1. The SMILES string of the molecule is CC/C(=N\OC)c1cc2c(=O)c(C(=O)O)cn(CC)c2s1. The second-order valence-electron chi connectivity index (χ2n) is 4.37. The first-order valence-corrected chi connectivity index (χ1v) is 7.35. The van der Waals surface area contributed by atoms with Gasteiger partial charge in [-0.15, -0.1) is 11.3 Å². The molecular formula is C14H16N2O4S. The van der Waals surface area contributed by atoms with E-state index < -0.39 is 11.4 Å². The third kappa shape index (κ3) is 2.69. The normalized spacial score (nSPS) is 11.9. The molecule has 1 N–H and O–H groups in total. The van der Waals surface area contributed by atoms with Gasteiger partial charge >= 0.3 is 5.97 Å². The zero-order chi connectivity index (χ0) is 15.6. The van der Waals surface area contributed by atoms with E-state index in [2.05, 4.69) is 5.16 Å². The van der Waals surface area contributed by atoms with Gasteiger partial charge in [0.15, 0.2) is 0 Å². The number of rotatable bonds is 5. The fourth-order valence-electron chi connectivity index (χ4n) is 2.10. The Morgan fingerprint density at radius 3 is 2.71 bits per heavy atom. The van der Waals surface area contributed by atoms with Crippen molar-refractivity contribution >= 4 is 33.2 Å². The molecule has 0 fully saturated rings. The molecule has 2 rings (SSSR count). The van der Waals surface area contributed by atoms with Crippen molar-refractivity contribution in [1.29, 1.82) is 0 Å². The van der Waals surface area contributed by atoms with Crippen molar-refractivity contribution in [3.8, 4) is 0 Å². The molecule has 21 heavy (non-hydrogen) atoms. The van der Waals surface area contributed by atoms with E-state index in [9.17, 15) is 9.59 Å². The van der Waals surface area contributed by atoms with E-state index in [1.54, 1.807) is 10.6 Å². The van der Waals surface area contributed by atoms with Gasteiger partial charge in [0.2, 0.25) is 5.43 Å². The van der Waals surface area contributed by atoms with E-state index in [-0.39, 0.29) is 5.56 Å². The number of aryl methyl sites for hydroxylation is 1. The lowest BCUT2D eigenvalue weighted by molar-refractivity contribution is 0.0695. The molecule has 2 aromatic rings. The molecule has 2 aromatic heterocycles. The number of nitrogens with zero attached hydrogens (tertiary/aromatic N) is 2. The molecule has 0 amide bonds. The van der Waals surface area contributed by atoms with E-state index in [1.807, 2.05) is 13.8 Å². The van der Waals surface area contributed by atoms with E-state index in [0.29, 0.717) is 18.4 Å². The summed E-state index contributed by atoms with van der Waals surface area (Å²) in [6.07, 6.45) is 2.05. The second kappa shape index (κ2) is 6.09. The number of carboxylic acids is 1. The Hall–Kier alpha value is -2.15. The number of thiophene rings is 1. The Bertz CT molecular complexity index is 773. The Balaban J connectivity index is 2.77. The summed E-state index contributed by atoms with van der Waals surface area (Å²) in [5.41, 5.74) is 0.0608. The predicted octanol–water partition coefficient (Wildman–Crippen LogP) is 2.54. The Morgan fingerprint density at radius 2 is 2.19 bits per heavy atom. The Kier molecular flexibility index (Phi) is 4.42.